The molecule has 4 aliphatic carbocycles. The Morgan fingerprint density at radius 2 is 0.714 bits per heavy atom. The zero-order valence-electron chi connectivity index (χ0n) is 21.5. The Kier molecular flexibility index (Phi) is 6.70. The number of rotatable bonds is 4. The first-order valence-electron chi connectivity index (χ1n) is 15.1. The average Bonchev–Trinajstić information content (AvgIpc) is 3.38. The second-order valence-electron chi connectivity index (χ2n) is 12.5. The summed E-state index contributed by atoms with van der Waals surface area (Å²) in [5.41, 5.74) is -2.04. The van der Waals surface area contributed by atoms with E-state index < -0.39 is 18.2 Å². The van der Waals surface area contributed by atoms with E-state index in [9.17, 15) is 9.59 Å². The number of carbonyl (C=O) groups is 2. The van der Waals surface area contributed by atoms with Gasteiger partial charge in [-0.15, -0.1) is 0 Å². The number of carbonyl (C=O) groups excluding carboxylic acids is 2. The van der Waals surface area contributed by atoms with Crippen molar-refractivity contribution >= 4 is 18.9 Å². The fourth-order valence-electron chi connectivity index (χ4n) is 9.01. The maximum Gasteiger partial charge on any atom is 0.657 e. The third kappa shape index (κ3) is 3.98. The van der Waals surface area contributed by atoms with Gasteiger partial charge in [-0.2, -0.15) is 0 Å². The minimum Gasteiger partial charge on any atom is -0.606 e. The molecule has 0 aromatic rings. The molecule has 7 heteroatoms. The zero-order chi connectivity index (χ0) is 23.9. The van der Waals surface area contributed by atoms with E-state index in [1.807, 2.05) is 0 Å². The topological polar surface area (TPSA) is 71.1 Å². The Labute approximate surface area is 210 Å². The van der Waals surface area contributed by atoms with Crippen LogP contribution in [0.1, 0.15) is 128 Å². The summed E-state index contributed by atoms with van der Waals surface area (Å²) in [5.74, 6) is -0.145. The van der Waals surface area contributed by atoms with Crippen LogP contribution in [0, 0.1) is 23.7 Å². The predicted octanol–water partition coefficient (Wildman–Crippen LogP) is 6.37. The molecule has 6 nitrogen and oxygen atoms in total. The highest BCUT2D eigenvalue weighted by atomic mass is 16.9. The molecule has 0 bridgehead atoms. The van der Waals surface area contributed by atoms with E-state index >= 15 is 0 Å². The highest BCUT2D eigenvalue weighted by Gasteiger charge is 2.71. The lowest BCUT2D eigenvalue weighted by Crippen LogP contribution is -2.56. The van der Waals surface area contributed by atoms with Gasteiger partial charge in [0.15, 0.2) is 0 Å². The van der Waals surface area contributed by atoms with Gasteiger partial charge in [0.2, 0.25) is 0 Å². The summed E-state index contributed by atoms with van der Waals surface area (Å²) in [7, 11) is 0. The van der Waals surface area contributed by atoms with E-state index in [2.05, 4.69) is 0 Å². The number of hydrogen-bond acceptors (Lipinski definition) is 6. The van der Waals surface area contributed by atoms with Gasteiger partial charge in [-0.3, -0.25) is 9.59 Å². The SMILES string of the molecule is O=C1O[B-]2(OC(=O)C(C3CCCCC3)(C3CCCCC3)O2)OC1(C1CCCCC1)C1CCCCC1. The fraction of sp³-hybridized carbons (Fsp3) is 0.929. The largest absolute Gasteiger partial charge is 0.657 e. The molecule has 2 aliphatic heterocycles. The van der Waals surface area contributed by atoms with Crippen LogP contribution < -0.4 is 0 Å². The Morgan fingerprint density at radius 1 is 0.457 bits per heavy atom. The number of hydrogen-bond donors (Lipinski definition) is 0. The van der Waals surface area contributed by atoms with E-state index in [-0.39, 0.29) is 35.6 Å². The van der Waals surface area contributed by atoms with E-state index in [4.69, 9.17) is 18.6 Å². The second kappa shape index (κ2) is 9.66. The van der Waals surface area contributed by atoms with Crippen molar-refractivity contribution in [2.45, 2.75) is 140 Å². The molecule has 6 aliphatic rings. The van der Waals surface area contributed by atoms with Crippen molar-refractivity contribution in [1.82, 2.24) is 0 Å². The van der Waals surface area contributed by atoms with Crippen LogP contribution in [-0.4, -0.2) is 30.1 Å². The van der Waals surface area contributed by atoms with Gasteiger partial charge in [0.05, 0.1) is 0 Å². The van der Waals surface area contributed by atoms with Crippen LogP contribution in [0.25, 0.3) is 0 Å². The van der Waals surface area contributed by atoms with Crippen LogP contribution in [0.5, 0.6) is 0 Å². The van der Waals surface area contributed by atoms with Crippen LogP contribution >= 0.6 is 0 Å². The molecule has 0 aromatic heterocycles. The van der Waals surface area contributed by atoms with Crippen LogP contribution in [0.4, 0.5) is 0 Å². The molecule has 0 amide bonds. The molecule has 0 atom stereocenters. The summed E-state index contributed by atoms with van der Waals surface area (Å²) in [6.45, 7) is -2.85. The van der Waals surface area contributed by atoms with Crippen molar-refractivity contribution in [2.75, 3.05) is 0 Å². The summed E-state index contributed by atoms with van der Waals surface area (Å²) in [4.78, 5) is 27.8. The van der Waals surface area contributed by atoms with Crippen molar-refractivity contribution in [3.63, 3.8) is 0 Å². The molecular weight excluding hydrogens is 443 g/mol. The zero-order valence-corrected chi connectivity index (χ0v) is 21.5. The van der Waals surface area contributed by atoms with Crippen molar-refractivity contribution in [3.05, 3.63) is 0 Å². The van der Waals surface area contributed by atoms with Crippen LogP contribution in [-0.2, 0) is 28.2 Å². The second-order valence-corrected chi connectivity index (χ2v) is 12.5. The Balaban J connectivity index is 1.35. The average molecular weight is 487 g/mol. The van der Waals surface area contributed by atoms with Crippen LogP contribution in [0.15, 0.2) is 0 Å². The standard InChI is InChI=1S/C28H44BO6/c30-25-27(21-13-5-1-6-14-21,22-15-7-2-8-16-22)34-29(32-25)33-26(31)28(35-29,23-17-9-3-10-18-23)24-19-11-4-12-20-24/h21-24H,1-20H2/q-1. The summed E-state index contributed by atoms with van der Waals surface area (Å²) in [5, 5.41) is 0. The van der Waals surface area contributed by atoms with Gasteiger partial charge < -0.3 is 18.6 Å². The van der Waals surface area contributed by atoms with E-state index in [0.29, 0.717) is 0 Å². The molecule has 35 heavy (non-hydrogen) atoms. The first-order chi connectivity index (χ1) is 17.1. The van der Waals surface area contributed by atoms with Crippen molar-refractivity contribution < 1.29 is 28.2 Å². The predicted molar refractivity (Wildman–Crippen MR) is 132 cm³/mol. The van der Waals surface area contributed by atoms with Gasteiger partial charge >= 0.3 is 6.96 Å². The van der Waals surface area contributed by atoms with E-state index in [1.165, 1.54) is 25.7 Å². The summed E-state index contributed by atoms with van der Waals surface area (Å²) >= 11 is 0. The smallest absolute Gasteiger partial charge is 0.606 e. The van der Waals surface area contributed by atoms with Crippen molar-refractivity contribution in [1.29, 1.82) is 0 Å². The van der Waals surface area contributed by atoms with Crippen molar-refractivity contribution in [3.8, 4) is 0 Å². The van der Waals surface area contributed by atoms with Gasteiger partial charge in [0.1, 0.15) is 11.2 Å². The minimum absolute atomic E-state index is 0.120. The lowest BCUT2D eigenvalue weighted by molar-refractivity contribution is -0.156. The maximum atomic E-state index is 13.9. The lowest BCUT2D eigenvalue weighted by atomic mass is 9.66. The van der Waals surface area contributed by atoms with Gasteiger partial charge in [0, 0.05) is 0 Å². The minimum atomic E-state index is -2.85. The monoisotopic (exact) mass is 487 g/mol. The van der Waals surface area contributed by atoms with E-state index in [0.717, 1.165) is 103 Å². The quantitative estimate of drug-likeness (QED) is 0.430. The summed E-state index contributed by atoms with van der Waals surface area (Å²) in [6, 6.07) is 0. The lowest BCUT2D eigenvalue weighted by Gasteiger charge is -2.48. The Morgan fingerprint density at radius 3 is 0.971 bits per heavy atom. The van der Waals surface area contributed by atoms with Gasteiger partial charge in [-0.05, 0) is 75.0 Å². The van der Waals surface area contributed by atoms with Gasteiger partial charge in [-0.1, -0.05) is 77.0 Å². The molecule has 196 valence electrons. The van der Waals surface area contributed by atoms with Crippen LogP contribution in [0.3, 0.4) is 0 Å². The molecule has 0 aromatic carbocycles. The Hall–Kier alpha value is -1.08. The first kappa shape index (κ1) is 24.3. The molecule has 2 saturated heterocycles. The molecule has 1 spiro atoms. The molecule has 4 saturated carbocycles. The first-order valence-corrected chi connectivity index (χ1v) is 15.1. The highest BCUT2D eigenvalue weighted by Crippen LogP contribution is 2.56. The molecule has 2 heterocycles. The molecule has 6 fully saturated rings. The third-order valence-corrected chi connectivity index (χ3v) is 10.7. The molecule has 6 rings (SSSR count). The molecule has 0 unspecified atom stereocenters. The maximum absolute atomic E-state index is 13.9. The van der Waals surface area contributed by atoms with Gasteiger partial charge in [-0.25, -0.2) is 0 Å². The van der Waals surface area contributed by atoms with Crippen molar-refractivity contribution in [2.24, 2.45) is 23.7 Å². The van der Waals surface area contributed by atoms with E-state index in [1.54, 1.807) is 0 Å². The fourth-order valence-corrected chi connectivity index (χ4v) is 9.01. The third-order valence-electron chi connectivity index (χ3n) is 10.7. The summed E-state index contributed by atoms with van der Waals surface area (Å²) < 4.78 is 25.8. The molecule has 0 N–H and O–H groups in total. The van der Waals surface area contributed by atoms with Gasteiger partial charge in [0.25, 0.3) is 11.9 Å². The molecular formula is C28H44BO6-. The normalized spacial score (nSPS) is 32.6. The highest BCUT2D eigenvalue weighted by molar-refractivity contribution is 6.61. The molecule has 0 radical (unpaired) electrons. The summed E-state index contributed by atoms with van der Waals surface area (Å²) in [6.07, 6.45) is 21.6. The van der Waals surface area contributed by atoms with Crippen LogP contribution in [0.2, 0.25) is 0 Å². The Bertz CT molecular complexity index is 687.